The minimum atomic E-state index is -3.83. The molecule has 1 saturated heterocycles. The molecular weight excluding hydrogens is 523 g/mol. The van der Waals surface area contributed by atoms with Crippen LogP contribution in [0.1, 0.15) is 24.3 Å². The molecule has 8 nitrogen and oxygen atoms in total. The molecule has 39 heavy (non-hydrogen) atoms. The third-order valence-corrected chi connectivity index (χ3v) is 7.40. The van der Waals surface area contributed by atoms with Crippen LogP contribution in [-0.4, -0.2) is 38.3 Å². The molecule has 10 heteroatoms. The SMILES string of the molecule is NS(=O)(=O)c1ccc(-c2oc(C=CCOc3cc(F)cc(C4(O)CCOCC4)c3)nc2-c2ccccc2)cc1. The van der Waals surface area contributed by atoms with Crippen LogP contribution in [0.5, 0.6) is 5.75 Å². The topological polar surface area (TPSA) is 125 Å². The number of hydrogen-bond donors (Lipinski definition) is 2. The van der Waals surface area contributed by atoms with Crippen molar-refractivity contribution in [1.82, 2.24) is 4.98 Å². The predicted molar refractivity (Wildman–Crippen MR) is 144 cm³/mol. The van der Waals surface area contributed by atoms with Gasteiger partial charge in [-0.1, -0.05) is 30.3 Å². The Kier molecular flexibility index (Phi) is 7.62. The average molecular weight is 551 g/mol. The molecule has 1 fully saturated rings. The van der Waals surface area contributed by atoms with Crippen molar-refractivity contribution in [2.24, 2.45) is 5.14 Å². The number of primary sulfonamides is 1. The van der Waals surface area contributed by atoms with E-state index in [1.54, 1.807) is 30.4 Å². The van der Waals surface area contributed by atoms with Crippen LogP contribution in [0.4, 0.5) is 4.39 Å². The zero-order valence-corrected chi connectivity index (χ0v) is 21.7. The minimum Gasteiger partial charge on any atom is -0.489 e. The molecule has 3 aromatic carbocycles. The molecule has 0 unspecified atom stereocenters. The Morgan fingerprint density at radius 2 is 1.74 bits per heavy atom. The fourth-order valence-electron chi connectivity index (χ4n) is 4.40. The Morgan fingerprint density at radius 1 is 1.03 bits per heavy atom. The van der Waals surface area contributed by atoms with E-state index in [0.717, 1.165) is 5.56 Å². The van der Waals surface area contributed by atoms with E-state index in [1.807, 2.05) is 30.3 Å². The second-order valence-corrected chi connectivity index (χ2v) is 10.8. The summed E-state index contributed by atoms with van der Waals surface area (Å²) >= 11 is 0. The third kappa shape index (κ3) is 6.26. The largest absolute Gasteiger partial charge is 0.489 e. The molecule has 0 atom stereocenters. The quantitative estimate of drug-likeness (QED) is 0.320. The van der Waals surface area contributed by atoms with E-state index < -0.39 is 21.4 Å². The molecule has 202 valence electrons. The Bertz CT molecular complexity index is 1580. The van der Waals surface area contributed by atoms with Gasteiger partial charge in [0.2, 0.25) is 15.9 Å². The Balaban J connectivity index is 1.36. The normalized spacial score (nSPS) is 15.5. The number of aromatic nitrogens is 1. The van der Waals surface area contributed by atoms with Gasteiger partial charge in [-0.25, -0.2) is 22.9 Å². The number of nitrogens with zero attached hydrogens (tertiary/aromatic N) is 1. The van der Waals surface area contributed by atoms with Gasteiger partial charge >= 0.3 is 0 Å². The highest BCUT2D eigenvalue weighted by Gasteiger charge is 2.32. The van der Waals surface area contributed by atoms with E-state index in [4.69, 9.17) is 19.0 Å². The van der Waals surface area contributed by atoms with Crippen LogP contribution >= 0.6 is 0 Å². The summed E-state index contributed by atoms with van der Waals surface area (Å²) in [5.41, 5.74) is 1.34. The van der Waals surface area contributed by atoms with E-state index in [2.05, 4.69) is 4.98 Å². The molecule has 5 rings (SSSR count). The summed E-state index contributed by atoms with van der Waals surface area (Å²) in [7, 11) is -3.83. The van der Waals surface area contributed by atoms with E-state index >= 15 is 0 Å². The first-order valence-corrected chi connectivity index (χ1v) is 13.9. The summed E-state index contributed by atoms with van der Waals surface area (Å²) in [4.78, 5) is 4.61. The first-order valence-electron chi connectivity index (χ1n) is 12.3. The van der Waals surface area contributed by atoms with Crippen molar-refractivity contribution in [3.63, 3.8) is 0 Å². The highest BCUT2D eigenvalue weighted by molar-refractivity contribution is 7.89. The molecule has 0 spiro atoms. The van der Waals surface area contributed by atoms with Crippen molar-refractivity contribution in [1.29, 1.82) is 0 Å². The van der Waals surface area contributed by atoms with Gasteiger partial charge in [-0.05, 0) is 48.0 Å². The van der Waals surface area contributed by atoms with Crippen LogP contribution in [0.3, 0.4) is 0 Å². The highest BCUT2D eigenvalue weighted by atomic mass is 32.2. The number of sulfonamides is 1. The summed E-state index contributed by atoms with van der Waals surface area (Å²) in [5.74, 6) is 0.564. The van der Waals surface area contributed by atoms with Crippen molar-refractivity contribution in [2.75, 3.05) is 19.8 Å². The molecule has 1 aliphatic rings. The van der Waals surface area contributed by atoms with E-state index in [0.29, 0.717) is 60.3 Å². The van der Waals surface area contributed by atoms with E-state index in [-0.39, 0.29) is 11.5 Å². The molecular formula is C29H27FN2O6S. The van der Waals surface area contributed by atoms with Gasteiger partial charge in [0.1, 0.15) is 23.9 Å². The number of rotatable bonds is 8. The van der Waals surface area contributed by atoms with Gasteiger partial charge in [0.05, 0.1) is 10.5 Å². The fourth-order valence-corrected chi connectivity index (χ4v) is 4.91. The summed E-state index contributed by atoms with van der Waals surface area (Å²) < 4.78 is 54.6. The van der Waals surface area contributed by atoms with E-state index in [1.165, 1.54) is 24.3 Å². The smallest absolute Gasteiger partial charge is 0.238 e. The van der Waals surface area contributed by atoms with E-state index in [9.17, 15) is 17.9 Å². The van der Waals surface area contributed by atoms with Gasteiger partial charge in [-0.3, -0.25) is 0 Å². The number of nitrogens with two attached hydrogens (primary N) is 1. The van der Waals surface area contributed by atoms with Gasteiger partial charge in [-0.2, -0.15) is 0 Å². The zero-order valence-electron chi connectivity index (χ0n) is 20.9. The fraction of sp³-hybridized carbons (Fsp3) is 0.207. The lowest BCUT2D eigenvalue weighted by atomic mass is 9.86. The van der Waals surface area contributed by atoms with Gasteiger partial charge in [0.25, 0.3) is 0 Å². The predicted octanol–water partition coefficient (Wildman–Crippen LogP) is 4.89. The Labute approximate surface area is 225 Å². The molecule has 0 saturated carbocycles. The van der Waals surface area contributed by atoms with Crippen LogP contribution in [0.25, 0.3) is 28.7 Å². The molecule has 4 aromatic rings. The number of oxazole rings is 1. The number of aliphatic hydroxyl groups is 1. The van der Waals surface area contributed by atoms with Gasteiger partial charge < -0.3 is 19.0 Å². The van der Waals surface area contributed by atoms with Crippen LogP contribution in [-0.2, 0) is 20.4 Å². The number of halogens is 1. The minimum absolute atomic E-state index is 0.00580. The second-order valence-electron chi connectivity index (χ2n) is 9.20. The summed E-state index contributed by atoms with van der Waals surface area (Å²) in [6.07, 6.45) is 4.09. The summed E-state index contributed by atoms with van der Waals surface area (Å²) in [6, 6.07) is 19.7. The van der Waals surface area contributed by atoms with Gasteiger partial charge in [0, 0.05) is 49.3 Å². The summed E-state index contributed by atoms with van der Waals surface area (Å²) in [6.45, 7) is 0.919. The monoisotopic (exact) mass is 550 g/mol. The van der Waals surface area contributed by atoms with Crippen molar-refractivity contribution in [3.8, 4) is 28.3 Å². The second kappa shape index (κ2) is 11.1. The lowest BCUT2D eigenvalue weighted by Crippen LogP contribution is -2.33. The van der Waals surface area contributed by atoms with Crippen molar-refractivity contribution >= 4 is 16.1 Å². The maximum absolute atomic E-state index is 14.3. The summed E-state index contributed by atoms with van der Waals surface area (Å²) in [5, 5.41) is 16.1. The van der Waals surface area contributed by atoms with Crippen molar-refractivity contribution in [3.05, 3.63) is 96.1 Å². The lowest BCUT2D eigenvalue weighted by Gasteiger charge is -2.32. The van der Waals surface area contributed by atoms with Gasteiger partial charge in [-0.15, -0.1) is 0 Å². The molecule has 0 bridgehead atoms. The van der Waals surface area contributed by atoms with Crippen molar-refractivity contribution in [2.45, 2.75) is 23.3 Å². The first kappa shape index (κ1) is 26.8. The molecule has 0 aliphatic carbocycles. The molecule has 0 amide bonds. The lowest BCUT2D eigenvalue weighted by molar-refractivity contribution is -0.0681. The molecule has 3 N–H and O–H groups in total. The van der Waals surface area contributed by atoms with Crippen LogP contribution < -0.4 is 9.88 Å². The number of ether oxygens (including phenoxy) is 2. The third-order valence-electron chi connectivity index (χ3n) is 6.47. The molecule has 1 aliphatic heterocycles. The Morgan fingerprint density at radius 3 is 2.44 bits per heavy atom. The molecule has 2 heterocycles. The highest BCUT2D eigenvalue weighted by Crippen LogP contribution is 2.35. The molecule has 0 radical (unpaired) electrons. The van der Waals surface area contributed by atoms with Crippen LogP contribution in [0.15, 0.2) is 88.2 Å². The maximum Gasteiger partial charge on any atom is 0.238 e. The maximum atomic E-state index is 14.3. The zero-order chi connectivity index (χ0) is 27.5. The number of hydrogen-bond acceptors (Lipinski definition) is 7. The van der Waals surface area contributed by atoms with Crippen molar-refractivity contribution < 1.29 is 31.8 Å². The Hall–Kier alpha value is -3.83. The standard InChI is InChI=1S/C29H27FN2O6S/c30-23-17-22(29(33)12-15-36-16-13-29)18-24(19-23)37-14-4-7-26-32-27(20-5-2-1-3-6-20)28(38-26)21-8-10-25(11-9-21)39(31,34)35/h1-11,17-19,33H,12-16H2,(H2,31,34,35). The average Bonchev–Trinajstić information content (AvgIpc) is 3.36. The van der Waals surface area contributed by atoms with Crippen LogP contribution in [0.2, 0.25) is 0 Å². The molecule has 1 aromatic heterocycles. The van der Waals surface area contributed by atoms with Gasteiger partial charge in [0.15, 0.2) is 5.76 Å². The first-order chi connectivity index (χ1) is 18.7. The van der Waals surface area contributed by atoms with Crippen LogP contribution in [0, 0.1) is 5.82 Å². The number of benzene rings is 3.